The molecule has 2 N–H and O–H groups in total. The van der Waals surface area contributed by atoms with Gasteiger partial charge in [0.1, 0.15) is 28.6 Å². The van der Waals surface area contributed by atoms with Crippen molar-refractivity contribution in [3.8, 4) is 16.7 Å². The first kappa shape index (κ1) is 27.6. The van der Waals surface area contributed by atoms with E-state index in [1.54, 1.807) is 6.08 Å². The largest absolute Gasteiger partial charge is 0.507 e. The van der Waals surface area contributed by atoms with Gasteiger partial charge in [-0.25, -0.2) is 19.0 Å². The average molecular weight is 549 g/mol. The van der Waals surface area contributed by atoms with Crippen molar-refractivity contribution in [2.45, 2.75) is 26.2 Å². The monoisotopic (exact) mass is 548 g/mol. The lowest BCUT2D eigenvalue weighted by molar-refractivity contribution is 0.102. The van der Waals surface area contributed by atoms with Crippen LogP contribution in [0, 0.1) is 5.82 Å². The molecule has 0 aliphatic carbocycles. The summed E-state index contributed by atoms with van der Waals surface area (Å²) in [6.07, 6.45) is 6.96. The smallest absolute Gasteiger partial charge is 0.410 e. The molecule has 2 heterocycles. The molecule has 3 rings (SSSR count). The van der Waals surface area contributed by atoms with Crippen LogP contribution in [0.2, 0.25) is 5.02 Å². The van der Waals surface area contributed by atoms with Crippen LogP contribution in [0.5, 0.6) is 16.7 Å². The number of thiazole rings is 1. The minimum Gasteiger partial charge on any atom is -0.507 e. The standard InChI is InChI=1S/C25H22ClFN2O7S/c1-14(10-17-13-29-25(37-17)36-16-7-8-19(27)18(26)11-16)22(31)21-20(30)12-15(35-23(21)32)6-4-3-5-9-28-24(33)34-2/h5,7-13,30H,3-4,6H2,1-2H3,(H,28,33)/b9-5+,14-10+. The molecule has 0 spiro atoms. The second-order valence-electron chi connectivity index (χ2n) is 7.55. The number of alkyl carbamates (subject to hydrolysis) is 1. The number of benzene rings is 1. The van der Waals surface area contributed by atoms with Crippen LogP contribution in [-0.4, -0.2) is 29.1 Å². The van der Waals surface area contributed by atoms with Gasteiger partial charge in [0.2, 0.25) is 0 Å². The van der Waals surface area contributed by atoms with Crippen molar-refractivity contribution in [3.63, 3.8) is 0 Å². The van der Waals surface area contributed by atoms with Crippen molar-refractivity contribution in [1.29, 1.82) is 0 Å². The van der Waals surface area contributed by atoms with E-state index in [1.165, 1.54) is 56.8 Å². The normalized spacial score (nSPS) is 11.5. The molecule has 0 atom stereocenters. The van der Waals surface area contributed by atoms with Crippen LogP contribution < -0.4 is 15.7 Å². The van der Waals surface area contributed by atoms with Crippen molar-refractivity contribution in [1.82, 2.24) is 10.3 Å². The zero-order valence-corrected chi connectivity index (χ0v) is 21.3. The minimum atomic E-state index is -0.947. The maximum Gasteiger partial charge on any atom is 0.410 e. The molecule has 0 aliphatic heterocycles. The number of aryl methyl sites for hydroxylation is 1. The fourth-order valence-corrected chi connectivity index (χ4v) is 3.98. The number of carbonyl (C=O) groups is 2. The van der Waals surface area contributed by atoms with Gasteiger partial charge in [-0.1, -0.05) is 29.0 Å². The SMILES string of the molecule is COC(=O)N/C=C/CCCc1cc(O)c(C(=O)/C(C)=C/c2cnc(Oc3ccc(F)c(Cl)c3)s2)c(=O)o1. The molecular weight excluding hydrogens is 527 g/mol. The molecule has 2 aromatic heterocycles. The van der Waals surface area contributed by atoms with Crippen LogP contribution in [0.1, 0.15) is 40.8 Å². The number of rotatable bonds is 10. The van der Waals surface area contributed by atoms with Crippen molar-refractivity contribution in [2.75, 3.05) is 7.11 Å². The number of ether oxygens (including phenoxy) is 2. The number of amides is 1. The van der Waals surface area contributed by atoms with E-state index in [1.807, 2.05) is 0 Å². The summed E-state index contributed by atoms with van der Waals surface area (Å²) >= 11 is 6.86. The lowest BCUT2D eigenvalue weighted by Gasteiger charge is -2.05. The Labute approximate surface area is 219 Å². The second-order valence-corrected chi connectivity index (χ2v) is 8.99. The van der Waals surface area contributed by atoms with Gasteiger partial charge < -0.3 is 19.0 Å². The summed E-state index contributed by atoms with van der Waals surface area (Å²) in [5.74, 6) is -1.24. The molecule has 1 amide bonds. The van der Waals surface area contributed by atoms with Crippen molar-refractivity contribution in [3.05, 3.63) is 85.8 Å². The minimum absolute atomic E-state index is 0.0925. The molecule has 0 fully saturated rings. The second kappa shape index (κ2) is 12.8. The fourth-order valence-electron chi connectivity index (χ4n) is 3.03. The third kappa shape index (κ3) is 7.76. The first-order chi connectivity index (χ1) is 17.7. The number of halogens is 2. The van der Waals surface area contributed by atoms with E-state index in [9.17, 15) is 23.9 Å². The Kier molecular flexibility index (Phi) is 9.58. The highest BCUT2D eigenvalue weighted by Gasteiger charge is 2.21. The molecule has 0 saturated heterocycles. The molecule has 1 aromatic carbocycles. The van der Waals surface area contributed by atoms with Crippen LogP contribution >= 0.6 is 22.9 Å². The van der Waals surface area contributed by atoms with Crippen LogP contribution in [0.3, 0.4) is 0 Å². The quantitative estimate of drug-likeness (QED) is 0.183. The molecule has 0 radical (unpaired) electrons. The number of hydrogen-bond donors (Lipinski definition) is 2. The van der Waals surface area contributed by atoms with E-state index in [2.05, 4.69) is 15.0 Å². The maximum atomic E-state index is 13.3. The molecule has 0 bridgehead atoms. The van der Waals surface area contributed by atoms with Crippen molar-refractivity contribution in [2.24, 2.45) is 0 Å². The average Bonchev–Trinajstić information content (AvgIpc) is 3.29. The maximum absolute atomic E-state index is 13.3. The van der Waals surface area contributed by atoms with Crippen molar-refractivity contribution >= 4 is 40.9 Å². The first-order valence-corrected chi connectivity index (χ1v) is 12.0. The van der Waals surface area contributed by atoms with Crippen LogP contribution in [0.25, 0.3) is 6.08 Å². The van der Waals surface area contributed by atoms with E-state index in [0.29, 0.717) is 29.9 Å². The molecule has 194 valence electrons. The zero-order valence-electron chi connectivity index (χ0n) is 19.7. The number of ketones is 1. The molecular formula is C25H22ClFN2O7S. The Balaban J connectivity index is 1.64. The Morgan fingerprint density at radius 2 is 2.11 bits per heavy atom. The highest BCUT2D eigenvalue weighted by atomic mass is 35.5. The number of nitrogens with zero attached hydrogens (tertiary/aromatic N) is 1. The zero-order chi connectivity index (χ0) is 26.9. The highest BCUT2D eigenvalue weighted by molar-refractivity contribution is 7.14. The summed E-state index contributed by atoms with van der Waals surface area (Å²) in [6.45, 7) is 1.49. The third-order valence-electron chi connectivity index (χ3n) is 4.82. The fraction of sp³-hybridized carbons (Fsp3) is 0.200. The summed E-state index contributed by atoms with van der Waals surface area (Å²) in [4.78, 5) is 40.9. The van der Waals surface area contributed by atoms with Crippen molar-refractivity contribution < 1.29 is 33.0 Å². The van der Waals surface area contributed by atoms with E-state index in [4.69, 9.17) is 20.8 Å². The summed E-state index contributed by atoms with van der Waals surface area (Å²) in [6, 6.07) is 5.12. The van der Waals surface area contributed by atoms with Gasteiger partial charge in [0.05, 0.1) is 17.0 Å². The number of carbonyl (C=O) groups excluding carboxylic acids is 2. The summed E-state index contributed by atoms with van der Waals surface area (Å²) in [7, 11) is 1.25. The first-order valence-electron chi connectivity index (χ1n) is 10.8. The van der Waals surface area contributed by atoms with Gasteiger partial charge in [-0.3, -0.25) is 10.1 Å². The number of nitrogens with one attached hydrogen (secondary N) is 1. The van der Waals surface area contributed by atoms with Gasteiger partial charge >= 0.3 is 11.7 Å². The molecule has 0 aliphatic rings. The predicted octanol–water partition coefficient (Wildman–Crippen LogP) is 5.87. The summed E-state index contributed by atoms with van der Waals surface area (Å²) in [5, 5.41) is 12.9. The molecule has 9 nitrogen and oxygen atoms in total. The van der Waals surface area contributed by atoms with E-state index in [0.717, 1.165) is 11.3 Å². The summed E-state index contributed by atoms with van der Waals surface area (Å²) < 4.78 is 28.5. The van der Waals surface area contributed by atoms with Crippen LogP contribution in [0.15, 0.2) is 57.5 Å². The molecule has 37 heavy (non-hydrogen) atoms. The number of aromatic nitrogens is 1. The number of methoxy groups -OCH3 is 1. The number of Topliss-reactive ketones (excluding diaryl/α,β-unsaturated/α-hetero) is 1. The molecule has 12 heteroatoms. The topological polar surface area (TPSA) is 128 Å². The lowest BCUT2D eigenvalue weighted by Crippen LogP contribution is -2.16. The van der Waals surface area contributed by atoms with Crippen LogP contribution in [-0.2, 0) is 11.2 Å². The molecule has 0 unspecified atom stereocenters. The third-order valence-corrected chi connectivity index (χ3v) is 5.93. The predicted molar refractivity (Wildman–Crippen MR) is 136 cm³/mol. The Hall–Kier alpha value is -3.96. The van der Waals surface area contributed by atoms with Crippen LogP contribution in [0.4, 0.5) is 9.18 Å². The van der Waals surface area contributed by atoms with E-state index < -0.39 is 34.6 Å². The van der Waals surface area contributed by atoms with E-state index >= 15 is 0 Å². The number of aromatic hydroxyl groups is 1. The van der Waals surface area contributed by atoms with Gasteiger partial charge in [0, 0.05) is 31.0 Å². The van der Waals surface area contributed by atoms with E-state index in [-0.39, 0.29) is 21.5 Å². The highest BCUT2D eigenvalue weighted by Crippen LogP contribution is 2.30. The number of unbranched alkanes of at least 4 members (excludes halogenated alkanes) is 1. The molecule has 0 saturated carbocycles. The number of allylic oxidation sites excluding steroid dienone is 2. The molecule has 3 aromatic rings. The summed E-state index contributed by atoms with van der Waals surface area (Å²) in [5.41, 5.74) is -1.25. The van der Waals surface area contributed by atoms with Gasteiger partial charge in [-0.15, -0.1) is 0 Å². The Morgan fingerprint density at radius 1 is 1.32 bits per heavy atom. The number of hydrogen-bond acceptors (Lipinski definition) is 9. The van der Waals surface area contributed by atoms with Gasteiger partial charge in [0.15, 0.2) is 5.78 Å². The Morgan fingerprint density at radius 3 is 2.81 bits per heavy atom. The van der Waals surface area contributed by atoms with Gasteiger partial charge in [-0.2, -0.15) is 0 Å². The van der Waals surface area contributed by atoms with Gasteiger partial charge in [0.25, 0.3) is 5.19 Å². The Bertz CT molecular complexity index is 1410. The van der Waals surface area contributed by atoms with Gasteiger partial charge in [-0.05, 0) is 43.5 Å². The lowest BCUT2D eigenvalue weighted by atomic mass is 10.0.